The zero-order valence-corrected chi connectivity index (χ0v) is 18.3. The summed E-state index contributed by atoms with van der Waals surface area (Å²) in [7, 11) is 0. The summed E-state index contributed by atoms with van der Waals surface area (Å²) in [4.78, 5) is 26.2. The summed E-state index contributed by atoms with van der Waals surface area (Å²) in [6, 6.07) is 18.0. The third-order valence-electron chi connectivity index (χ3n) is 5.28. The zero-order chi connectivity index (χ0) is 22.7. The molecule has 164 valence electrons. The Morgan fingerprint density at radius 3 is 2.62 bits per heavy atom. The maximum atomic E-state index is 13.3. The van der Waals surface area contributed by atoms with Crippen LogP contribution >= 0.6 is 0 Å². The van der Waals surface area contributed by atoms with Crippen molar-refractivity contribution < 1.29 is 18.7 Å². The molecule has 0 saturated heterocycles. The SMILES string of the molecule is Cc1cccc(C(=O)N/C(=C\c2ccco2)C(=O)NC2CC(C)(C)Oc3ccccc32)c1. The van der Waals surface area contributed by atoms with E-state index in [0.29, 0.717) is 17.7 Å². The number of ether oxygens (including phenoxy) is 1. The van der Waals surface area contributed by atoms with E-state index in [1.54, 1.807) is 30.3 Å². The molecule has 2 amide bonds. The number of hydrogen-bond donors (Lipinski definition) is 2. The van der Waals surface area contributed by atoms with Crippen LogP contribution in [-0.4, -0.2) is 17.4 Å². The summed E-state index contributed by atoms with van der Waals surface area (Å²) in [5, 5.41) is 5.82. The number of hydrogen-bond acceptors (Lipinski definition) is 4. The van der Waals surface area contributed by atoms with Crippen molar-refractivity contribution in [2.45, 2.75) is 38.8 Å². The van der Waals surface area contributed by atoms with Crippen molar-refractivity contribution in [1.82, 2.24) is 10.6 Å². The van der Waals surface area contributed by atoms with Crippen LogP contribution in [0.4, 0.5) is 0 Å². The van der Waals surface area contributed by atoms with Crippen LogP contribution in [0.3, 0.4) is 0 Å². The van der Waals surface area contributed by atoms with Gasteiger partial charge >= 0.3 is 0 Å². The monoisotopic (exact) mass is 430 g/mol. The molecule has 6 heteroatoms. The summed E-state index contributed by atoms with van der Waals surface area (Å²) in [5.41, 5.74) is 2.00. The number of carbonyl (C=O) groups is 2. The molecular formula is C26H26N2O4. The largest absolute Gasteiger partial charge is 0.487 e. The average Bonchev–Trinajstić information content (AvgIpc) is 3.25. The Kier molecular flexibility index (Phi) is 5.86. The first-order valence-corrected chi connectivity index (χ1v) is 10.5. The van der Waals surface area contributed by atoms with E-state index in [9.17, 15) is 9.59 Å². The minimum Gasteiger partial charge on any atom is -0.487 e. The molecule has 0 spiro atoms. The smallest absolute Gasteiger partial charge is 0.268 e. The van der Waals surface area contributed by atoms with E-state index in [4.69, 9.17) is 9.15 Å². The minimum atomic E-state index is -0.442. The van der Waals surface area contributed by atoms with Crippen molar-refractivity contribution in [3.63, 3.8) is 0 Å². The van der Waals surface area contributed by atoms with Gasteiger partial charge in [0.2, 0.25) is 0 Å². The van der Waals surface area contributed by atoms with Crippen LogP contribution in [0.15, 0.2) is 77.0 Å². The highest BCUT2D eigenvalue weighted by molar-refractivity contribution is 6.05. The summed E-state index contributed by atoms with van der Waals surface area (Å²) >= 11 is 0. The lowest BCUT2D eigenvalue weighted by Gasteiger charge is -2.38. The first kappa shape index (κ1) is 21.4. The molecule has 0 saturated carbocycles. The predicted octanol–water partition coefficient (Wildman–Crippen LogP) is 4.78. The number of nitrogens with one attached hydrogen (secondary N) is 2. The van der Waals surface area contributed by atoms with E-state index in [1.165, 1.54) is 12.3 Å². The minimum absolute atomic E-state index is 0.105. The summed E-state index contributed by atoms with van der Waals surface area (Å²) < 4.78 is 11.4. The van der Waals surface area contributed by atoms with E-state index in [0.717, 1.165) is 16.9 Å². The predicted molar refractivity (Wildman–Crippen MR) is 122 cm³/mol. The third kappa shape index (κ3) is 4.91. The fourth-order valence-corrected chi connectivity index (χ4v) is 3.82. The summed E-state index contributed by atoms with van der Waals surface area (Å²) in [6.45, 7) is 5.88. The standard InChI is InChI=1S/C26H26N2O4/c1-17-8-6-9-18(14-17)24(29)27-21(15-19-10-7-13-31-19)25(30)28-22-16-26(2,3)32-23-12-5-4-11-20(22)23/h4-15,22H,16H2,1-3H3,(H,27,29)(H,28,30)/b21-15-. The van der Waals surface area contributed by atoms with Crippen molar-refractivity contribution in [3.05, 3.63) is 95.1 Å². The first-order valence-electron chi connectivity index (χ1n) is 10.5. The van der Waals surface area contributed by atoms with Crippen LogP contribution < -0.4 is 15.4 Å². The molecular weight excluding hydrogens is 404 g/mol. The number of para-hydroxylation sites is 1. The van der Waals surface area contributed by atoms with Gasteiger partial charge in [0.25, 0.3) is 11.8 Å². The van der Waals surface area contributed by atoms with Gasteiger partial charge in [-0.2, -0.15) is 0 Å². The maximum Gasteiger partial charge on any atom is 0.268 e. The van der Waals surface area contributed by atoms with Gasteiger partial charge in [0, 0.05) is 23.6 Å². The topological polar surface area (TPSA) is 80.6 Å². The molecule has 3 aromatic rings. The van der Waals surface area contributed by atoms with Crippen LogP contribution in [0.5, 0.6) is 5.75 Å². The van der Waals surface area contributed by atoms with Crippen LogP contribution in [-0.2, 0) is 4.79 Å². The zero-order valence-electron chi connectivity index (χ0n) is 18.3. The molecule has 1 aliphatic heterocycles. The highest BCUT2D eigenvalue weighted by Crippen LogP contribution is 2.39. The molecule has 1 aliphatic rings. The molecule has 0 fully saturated rings. The Morgan fingerprint density at radius 1 is 1.06 bits per heavy atom. The molecule has 0 radical (unpaired) electrons. The Bertz CT molecular complexity index is 1160. The van der Waals surface area contributed by atoms with Gasteiger partial charge in [-0.05, 0) is 51.1 Å². The third-order valence-corrected chi connectivity index (χ3v) is 5.28. The second-order valence-electron chi connectivity index (χ2n) is 8.53. The van der Waals surface area contributed by atoms with E-state index in [1.807, 2.05) is 51.1 Å². The van der Waals surface area contributed by atoms with Crippen molar-refractivity contribution in [2.24, 2.45) is 0 Å². The normalized spacial score (nSPS) is 17.1. The molecule has 1 aromatic heterocycles. The highest BCUT2D eigenvalue weighted by atomic mass is 16.5. The molecule has 0 aliphatic carbocycles. The fraction of sp³-hybridized carbons (Fsp3) is 0.231. The number of aryl methyl sites for hydroxylation is 1. The van der Waals surface area contributed by atoms with Crippen LogP contribution in [0.2, 0.25) is 0 Å². The van der Waals surface area contributed by atoms with Crippen LogP contribution in [0.25, 0.3) is 6.08 Å². The fourth-order valence-electron chi connectivity index (χ4n) is 3.82. The van der Waals surface area contributed by atoms with E-state index in [-0.39, 0.29) is 17.6 Å². The molecule has 1 unspecified atom stereocenters. The molecule has 2 heterocycles. The van der Waals surface area contributed by atoms with Crippen LogP contribution in [0, 0.1) is 6.92 Å². The number of amides is 2. The number of rotatable bonds is 5. The molecule has 1 atom stereocenters. The Labute approximate surface area is 187 Å². The van der Waals surface area contributed by atoms with Crippen molar-refractivity contribution in [3.8, 4) is 5.75 Å². The van der Waals surface area contributed by atoms with E-state index in [2.05, 4.69) is 10.6 Å². The van der Waals surface area contributed by atoms with Gasteiger partial charge < -0.3 is 19.8 Å². The van der Waals surface area contributed by atoms with Crippen LogP contribution in [0.1, 0.15) is 53.6 Å². The Morgan fingerprint density at radius 2 is 1.88 bits per heavy atom. The second-order valence-corrected chi connectivity index (χ2v) is 8.53. The number of carbonyl (C=O) groups excluding carboxylic acids is 2. The number of fused-ring (bicyclic) bond motifs is 1. The van der Waals surface area contributed by atoms with E-state index < -0.39 is 11.5 Å². The molecule has 0 bridgehead atoms. The number of furan rings is 1. The quantitative estimate of drug-likeness (QED) is 0.571. The Hall–Kier alpha value is -3.80. The van der Waals surface area contributed by atoms with Gasteiger partial charge in [0.1, 0.15) is 22.8 Å². The molecule has 4 rings (SSSR count). The molecule has 32 heavy (non-hydrogen) atoms. The van der Waals surface area contributed by atoms with E-state index >= 15 is 0 Å². The maximum absolute atomic E-state index is 13.3. The number of benzene rings is 2. The first-order chi connectivity index (χ1) is 15.3. The average molecular weight is 431 g/mol. The van der Waals surface area contributed by atoms with Crippen molar-refractivity contribution >= 4 is 17.9 Å². The second kappa shape index (κ2) is 8.75. The van der Waals surface area contributed by atoms with Crippen molar-refractivity contribution in [1.29, 1.82) is 0 Å². The molecule has 2 aromatic carbocycles. The lowest BCUT2D eigenvalue weighted by molar-refractivity contribution is -0.119. The van der Waals surface area contributed by atoms with Gasteiger partial charge in [0.15, 0.2) is 0 Å². The lowest BCUT2D eigenvalue weighted by Crippen LogP contribution is -2.43. The molecule has 6 nitrogen and oxygen atoms in total. The molecule has 2 N–H and O–H groups in total. The van der Waals surface area contributed by atoms with Gasteiger partial charge in [-0.3, -0.25) is 9.59 Å². The summed E-state index contributed by atoms with van der Waals surface area (Å²) in [6.07, 6.45) is 3.63. The van der Waals surface area contributed by atoms with Gasteiger partial charge in [-0.25, -0.2) is 0 Å². The van der Waals surface area contributed by atoms with Crippen molar-refractivity contribution in [2.75, 3.05) is 0 Å². The van der Waals surface area contributed by atoms with Gasteiger partial charge in [-0.1, -0.05) is 35.9 Å². The van der Waals surface area contributed by atoms with Gasteiger partial charge in [0.05, 0.1) is 12.3 Å². The highest BCUT2D eigenvalue weighted by Gasteiger charge is 2.34. The van der Waals surface area contributed by atoms with Gasteiger partial charge in [-0.15, -0.1) is 0 Å². The lowest BCUT2D eigenvalue weighted by atomic mass is 9.89. The summed E-state index contributed by atoms with van der Waals surface area (Å²) in [5.74, 6) is 0.441. The Balaban J connectivity index is 1.61.